The molecule has 0 saturated carbocycles. The highest BCUT2D eigenvalue weighted by Crippen LogP contribution is 2.24. The van der Waals surface area contributed by atoms with Crippen LogP contribution in [0.1, 0.15) is 45.1 Å². The number of amides is 1. The molecule has 1 amide bonds. The molecule has 0 aromatic heterocycles. The molecule has 0 aliphatic carbocycles. The van der Waals surface area contributed by atoms with Crippen molar-refractivity contribution in [2.24, 2.45) is 10.2 Å². The standard InChI is InChI=1S/C21H33N7O3S2/c1-14(25-27-20(32)22-3)15(2)26-28-21(33)24-11-6-4-5-7-19(31)23-12-10-16-8-9-17(29)18(30)13-16/h8-9,13,29-30H,4-7,10-12H2,1-3H3,(H,23,31)(H2,22,27,32)(H2,24,28,33)/b25-14+,26-15+. The molecular weight excluding hydrogens is 462 g/mol. The lowest BCUT2D eigenvalue weighted by molar-refractivity contribution is -0.121. The summed E-state index contributed by atoms with van der Waals surface area (Å²) < 4.78 is 0. The van der Waals surface area contributed by atoms with Crippen LogP contribution < -0.4 is 26.8 Å². The molecule has 0 fully saturated rings. The van der Waals surface area contributed by atoms with E-state index >= 15 is 0 Å². The number of hydrogen-bond donors (Lipinski definition) is 7. The lowest BCUT2D eigenvalue weighted by Crippen LogP contribution is -2.34. The molecule has 182 valence electrons. The number of phenols is 2. The largest absolute Gasteiger partial charge is 0.504 e. The van der Waals surface area contributed by atoms with Crippen molar-refractivity contribution in [3.05, 3.63) is 23.8 Å². The van der Waals surface area contributed by atoms with Gasteiger partial charge in [0, 0.05) is 26.6 Å². The number of nitrogens with one attached hydrogen (secondary N) is 5. The molecule has 1 aromatic rings. The number of carbonyl (C=O) groups is 1. The molecule has 0 aliphatic heterocycles. The van der Waals surface area contributed by atoms with Gasteiger partial charge < -0.3 is 26.2 Å². The molecule has 0 spiro atoms. The zero-order valence-electron chi connectivity index (χ0n) is 19.2. The Morgan fingerprint density at radius 1 is 0.909 bits per heavy atom. The van der Waals surface area contributed by atoms with Crippen LogP contribution in [-0.2, 0) is 11.2 Å². The molecule has 10 nitrogen and oxygen atoms in total. The molecule has 0 saturated heterocycles. The van der Waals surface area contributed by atoms with Crippen LogP contribution in [0.5, 0.6) is 11.5 Å². The molecule has 12 heteroatoms. The Kier molecular flexibility index (Phi) is 13.4. The van der Waals surface area contributed by atoms with Crippen molar-refractivity contribution < 1.29 is 15.0 Å². The molecule has 0 unspecified atom stereocenters. The Balaban J connectivity index is 2.11. The highest BCUT2D eigenvalue weighted by atomic mass is 32.1. The first-order valence-electron chi connectivity index (χ1n) is 10.6. The van der Waals surface area contributed by atoms with Crippen LogP contribution in [0.25, 0.3) is 0 Å². The number of benzene rings is 1. The van der Waals surface area contributed by atoms with Gasteiger partial charge in [-0.25, -0.2) is 0 Å². The van der Waals surface area contributed by atoms with Gasteiger partial charge in [0.25, 0.3) is 0 Å². The Morgan fingerprint density at radius 3 is 2.21 bits per heavy atom. The summed E-state index contributed by atoms with van der Waals surface area (Å²) in [5.41, 5.74) is 7.64. The average Bonchev–Trinajstić information content (AvgIpc) is 2.80. The summed E-state index contributed by atoms with van der Waals surface area (Å²) in [5, 5.41) is 36.6. The van der Waals surface area contributed by atoms with Gasteiger partial charge >= 0.3 is 0 Å². The SMILES string of the molecule is CNC(=S)N/N=C(C)/C(C)=N/NC(=S)NCCCCCC(=O)NCCc1ccc(O)c(O)c1. The van der Waals surface area contributed by atoms with E-state index in [1.807, 2.05) is 0 Å². The second kappa shape index (κ2) is 15.8. The topological polar surface area (TPSA) is 142 Å². The number of aromatic hydroxyl groups is 2. The van der Waals surface area contributed by atoms with Gasteiger partial charge in [0.15, 0.2) is 21.7 Å². The van der Waals surface area contributed by atoms with Gasteiger partial charge in [-0.2, -0.15) is 10.2 Å². The Morgan fingerprint density at radius 2 is 1.58 bits per heavy atom. The smallest absolute Gasteiger partial charge is 0.220 e. The van der Waals surface area contributed by atoms with Crippen LogP contribution in [-0.4, -0.2) is 57.9 Å². The summed E-state index contributed by atoms with van der Waals surface area (Å²) in [4.78, 5) is 11.9. The van der Waals surface area contributed by atoms with Gasteiger partial charge in [0.05, 0.1) is 11.4 Å². The quantitative estimate of drug-likeness (QED) is 0.0757. The first-order chi connectivity index (χ1) is 15.7. The van der Waals surface area contributed by atoms with Crippen LogP contribution in [0.3, 0.4) is 0 Å². The van der Waals surface area contributed by atoms with E-state index in [0.29, 0.717) is 47.6 Å². The fraction of sp³-hybridized carbons (Fsp3) is 0.476. The predicted octanol–water partition coefficient (Wildman–Crippen LogP) is 1.63. The maximum absolute atomic E-state index is 11.9. The van der Waals surface area contributed by atoms with Gasteiger partial charge in [-0.15, -0.1) is 0 Å². The third kappa shape index (κ3) is 12.6. The minimum atomic E-state index is -0.157. The van der Waals surface area contributed by atoms with Crippen LogP contribution in [0.15, 0.2) is 28.4 Å². The van der Waals surface area contributed by atoms with Crippen molar-refractivity contribution in [3.8, 4) is 11.5 Å². The number of rotatable bonds is 12. The minimum Gasteiger partial charge on any atom is -0.504 e. The number of hydrazone groups is 2. The van der Waals surface area contributed by atoms with Crippen LogP contribution in [0.4, 0.5) is 0 Å². The molecule has 0 bridgehead atoms. The van der Waals surface area contributed by atoms with Crippen LogP contribution in [0, 0.1) is 0 Å². The number of nitrogens with zero attached hydrogens (tertiary/aromatic N) is 2. The molecule has 33 heavy (non-hydrogen) atoms. The summed E-state index contributed by atoms with van der Waals surface area (Å²) in [7, 11) is 1.70. The zero-order chi connectivity index (χ0) is 24.6. The number of unbranched alkanes of at least 4 members (excludes halogenated alkanes) is 2. The van der Waals surface area contributed by atoms with Crippen molar-refractivity contribution >= 4 is 52.0 Å². The van der Waals surface area contributed by atoms with Crippen molar-refractivity contribution in [1.82, 2.24) is 26.8 Å². The van der Waals surface area contributed by atoms with Gasteiger partial charge in [-0.05, 0) is 75.2 Å². The molecule has 0 radical (unpaired) electrons. The fourth-order valence-corrected chi connectivity index (χ4v) is 2.67. The van der Waals surface area contributed by atoms with E-state index < -0.39 is 0 Å². The van der Waals surface area contributed by atoms with E-state index in [1.54, 1.807) is 27.0 Å². The van der Waals surface area contributed by atoms with E-state index in [4.69, 9.17) is 24.4 Å². The van der Waals surface area contributed by atoms with Crippen molar-refractivity contribution in [1.29, 1.82) is 0 Å². The third-order valence-electron chi connectivity index (χ3n) is 4.54. The maximum atomic E-state index is 11.9. The molecule has 7 N–H and O–H groups in total. The summed E-state index contributed by atoms with van der Waals surface area (Å²) in [6, 6.07) is 4.64. The number of carbonyl (C=O) groups excluding carboxylic acids is 1. The summed E-state index contributed by atoms with van der Waals surface area (Å²) in [6.07, 6.45) is 3.58. The fourth-order valence-electron chi connectivity index (χ4n) is 2.47. The molecule has 0 aliphatic rings. The summed E-state index contributed by atoms with van der Waals surface area (Å²) in [5.74, 6) is -0.314. The third-order valence-corrected chi connectivity index (χ3v) is 5.07. The first-order valence-corrected chi connectivity index (χ1v) is 11.4. The van der Waals surface area contributed by atoms with E-state index in [0.717, 1.165) is 24.8 Å². The normalized spacial score (nSPS) is 11.5. The van der Waals surface area contributed by atoms with Crippen molar-refractivity contribution in [2.75, 3.05) is 20.1 Å². The molecule has 1 rings (SSSR count). The number of hydrogen-bond acceptors (Lipinski definition) is 7. The minimum absolute atomic E-state index is 0.00466. The summed E-state index contributed by atoms with van der Waals surface area (Å²) in [6.45, 7) is 4.76. The van der Waals surface area contributed by atoms with E-state index in [-0.39, 0.29) is 17.4 Å². The maximum Gasteiger partial charge on any atom is 0.220 e. The number of thiocarbonyl (C=S) groups is 2. The highest BCUT2D eigenvalue weighted by molar-refractivity contribution is 7.80. The second-order valence-electron chi connectivity index (χ2n) is 7.19. The molecule has 0 atom stereocenters. The molecular formula is C21H33N7O3S2. The Labute approximate surface area is 205 Å². The summed E-state index contributed by atoms with van der Waals surface area (Å²) >= 11 is 10.1. The van der Waals surface area contributed by atoms with Gasteiger partial charge in [-0.3, -0.25) is 15.6 Å². The number of phenolic OH excluding ortho intramolecular Hbond substituents is 2. The molecule has 1 aromatic carbocycles. The van der Waals surface area contributed by atoms with Crippen LogP contribution >= 0.6 is 24.4 Å². The second-order valence-corrected chi connectivity index (χ2v) is 8.00. The van der Waals surface area contributed by atoms with E-state index in [1.165, 1.54) is 12.1 Å². The van der Waals surface area contributed by atoms with E-state index in [2.05, 4.69) is 37.0 Å². The van der Waals surface area contributed by atoms with Crippen molar-refractivity contribution in [3.63, 3.8) is 0 Å². The Bertz CT molecular complexity index is 875. The molecule has 0 heterocycles. The van der Waals surface area contributed by atoms with Gasteiger partial charge in [0.2, 0.25) is 5.91 Å². The lowest BCUT2D eigenvalue weighted by Gasteiger charge is -2.09. The predicted molar refractivity (Wildman–Crippen MR) is 140 cm³/mol. The first kappa shape index (κ1) is 28.0. The van der Waals surface area contributed by atoms with Gasteiger partial charge in [0.1, 0.15) is 0 Å². The van der Waals surface area contributed by atoms with Crippen molar-refractivity contribution in [2.45, 2.75) is 46.0 Å². The zero-order valence-corrected chi connectivity index (χ0v) is 20.8. The highest BCUT2D eigenvalue weighted by Gasteiger charge is 2.04. The van der Waals surface area contributed by atoms with Crippen LogP contribution in [0.2, 0.25) is 0 Å². The van der Waals surface area contributed by atoms with E-state index in [9.17, 15) is 15.0 Å². The Hall–Kier alpha value is -2.99. The average molecular weight is 496 g/mol. The van der Waals surface area contributed by atoms with Gasteiger partial charge in [-0.1, -0.05) is 12.5 Å². The lowest BCUT2D eigenvalue weighted by atomic mass is 10.1. The monoisotopic (exact) mass is 495 g/mol.